The van der Waals surface area contributed by atoms with Crippen molar-refractivity contribution in [3.8, 4) is 5.75 Å². The topological polar surface area (TPSA) is 88.1 Å². The summed E-state index contributed by atoms with van der Waals surface area (Å²) >= 11 is 12.0. The van der Waals surface area contributed by atoms with Gasteiger partial charge in [-0.2, -0.15) is 5.10 Å². The lowest BCUT2D eigenvalue weighted by molar-refractivity contribution is -0.119. The van der Waals surface area contributed by atoms with Gasteiger partial charge in [0.2, 0.25) is 0 Å². The number of hydrogen-bond acceptors (Lipinski definition) is 5. The maximum absolute atomic E-state index is 13.2. The number of hydrogen-bond donors (Lipinski definition) is 1. The second-order valence-corrected chi connectivity index (χ2v) is 9.17. The first-order valence-electron chi connectivity index (χ1n) is 9.30. The molecule has 3 aromatic rings. The number of nitrogens with zero attached hydrogens (tertiary/aromatic N) is 2. The van der Waals surface area contributed by atoms with E-state index < -0.39 is 22.5 Å². The van der Waals surface area contributed by atoms with Gasteiger partial charge in [-0.15, -0.1) is 0 Å². The molecule has 3 aromatic carbocycles. The van der Waals surface area contributed by atoms with Crippen LogP contribution < -0.4 is 14.5 Å². The van der Waals surface area contributed by atoms with Gasteiger partial charge in [0.05, 0.1) is 34.0 Å². The first-order chi connectivity index (χ1) is 15.3. The minimum absolute atomic E-state index is 0.0283. The molecule has 10 heteroatoms. The van der Waals surface area contributed by atoms with Crippen LogP contribution in [0.4, 0.5) is 5.69 Å². The minimum atomic E-state index is -4.06. The molecule has 0 radical (unpaired) electrons. The Kier molecular flexibility index (Phi) is 7.74. The summed E-state index contributed by atoms with van der Waals surface area (Å²) in [5.74, 6) is 0.0508. The molecule has 166 valence electrons. The van der Waals surface area contributed by atoms with E-state index in [0.717, 1.165) is 9.87 Å². The Hall–Kier alpha value is -3.07. The van der Waals surface area contributed by atoms with Crippen molar-refractivity contribution in [2.75, 3.05) is 18.0 Å². The summed E-state index contributed by atoms with van der Waals surface area (Å²) < 4.78 is 32.5. The lowest BCUT2D eigenvalue weighted by atomic mass is 10.2. The van der Waals surface area contributed by atoms with E-state index in [0.29, 0.717) is 5.75 Å². The molecule has 1 amide bonds. The molecule has 32 heavy (non-hydrogen) atoms. The van der Waals surface area contributed by atoms with Gasteiger partial charge in [0, 0.05) is 0 Å². The highest BCUT2D eigenvalue weighted by Crippen LogP contribution is 2.30. The first-order valence-corrected chi connectivity index (χ1v) is 11.5. The third-order valence-electron chi connectivity index (χ3n) is 4.33. The number of sulfonamides is 1. The molecule has 0 aliphatic heterocycles. The summed E-state index contributed by atoms with van der Waals surface area (Å²) in [4.78, 5) is 12.6. The highest BCUT2D eigenvalue weighted by molar-refractivity contribution is 7.92. The van der Waals surface area contributed by atoms with Crippen molar-refractivity contribution >= 4 is 51.0 Å². The van der Waals surface area contributed by atoms with E-state index in [1.165, 1.54) is 36.5 Å². The van der Waals surface area contributed by atoms with Crippen molar-refractivity contribution in [3.05, 3.63) is 88.4 Å². The highest BCUT2D eigenvalue weighted by atomic mass is 35.5. The first kappa shape index (κ1) is 23.6. The molecule has 0 saturated carbocycles. The van der Waals surface area contributed by atoms with Crippen LogP contribution in [0.5, 0.6) is 5.75 Å². The van der Waals surface area contributed by atoms with E-state index in [-0.39, 0.29) is 20.6 Å². The van der Waals surface area contributed by atoms with Crippen molar-refractivity contribution < 1.29 is 17.9 Å². The highest BCUT2D eigenvalue weighted by Gasteiger charge is 2.27. The zero-order valence-corrected chi connectivity index (χ0v) is 19.2. The van der Waals surface area contributed by atoms with Crippen molar-refractivity contribution in [3.63, 3.8) is 0 Å². The second-order valence-electron chi connectivity index (χ2n) is 6.49. The third-order valence-corrected chi connectivity index (χ3v) is 6.86. The molecule has 0 bridgehead atoms. The van der Waals surface area contributed by atoms with Gasteiger partial charge in [0.25, 0.3) is 15.9 Å². The molecule has 0 fully saturated rings. The van der Waals surface area contributed by atoms with Crippen LogP contribution in [0.1, 0.15) is 5.56 Å². The number of halogens is 2. The Balaban J connectivity index is 1.82. The zero-order chi connectivity index (χ0) is 23.1. The Morgan fingerprint density at radius 3 is 2.34 bits per heavy atom. The van der Waals surface area contributed by atoms with Crippen LogP contribution in [-0.4, -0.2) is 34.2 Å². The van der Waals surface area contributed by atoms with Gasteiger partial charge < -0.3 is 4.74 Å². The number of ether oxygens (including phenoxy) is 1. The molecular weight excluding hydrogens is 473 g/mol. The van der Waals surface area contributed by atoms with Crippen molar-refractivity contribution in [1.82, 2.24) is 5.43 Å². The molecule has 0 aliphatic rings. The molecular formula is C22H19Cl2N3O4S. The van der Waals surface area contributed by atoms with Crippen molar-refractivity contribution in [2.24, 2.45) is 5.10 Å². The van der Waals surface area contributed by atoms with Crippen LogP contribution in [0, 0.1) is 0 Å². The van der Waals surface area contributed by atoms with Gasteiger partial charge in [-0.25, -0.2) is 13.8 Å². The van der Waals surface area contributed by atoms with E-state index in [9.17, 15) is 13.2 Å². The molecule has 1 N–H and O–H groups in total. The molecule has 0 heterocycles. The molecule has 0 aromatic heterocycles. The molecule has 3 rings (SSSR count). The standard InChI is InChI=1S/C22H19Cl2N3O4S/c1-31-18-10-7-16(8-11-18)14-25-26-22(28)15-27(17-9-12-20(23)21(24)13-17)32(29,30)19-5-3-2-4-6-19/h2-14H,15H2,1H3,(H,26,28)/b25-14-. The predicted molar refractivity (Wildman–Crippen MR) is 126 cm³/mol. The van der Waals surface area contributed by atoms with Gasteiger partial charge in [-0.05, 0) is 60.2 Å². The van der Waals surface area contributed by atoms with Crippen molar-refractivity contribution in [1.29, 1.82) is 0 Å². The summed E-state index contributed by atoms with van der Waals surface area (Å²) in [6.07, 6.45) is 1.44. The van der Waals surface area contributed by atoms with Crippen LogP contribution >= 0.6 is 23.2 Å². The SMILES string of the molecule is COc1ccc(/C=N\NC(=O)CN(c2ccc(Cl)c(Cl)c2)S(=O)(=O)c2ccccc2)cc1. The molecule has 0 atom stereocenters. The average Bonchev–Trinajstić information content (AvgIpc) is 2.80. The predicted octanol–water partition coefficient (Wildman–Crippen LogP) is 4.35. The fourth-order valence-electron chi connectivity index (χ4n) is 2.71. The van der Waals surface area contributed by atoms with Gasteiger partial charge in [0.1, 0.15) is 12.3 Å². The van der Waals surface area contributed by atoms with Crippen LogP contribution in [-0.2, 0) is 14.8 Å². The van der Waals surface area contributed by atoms with Crippen LogP contribution in [0.3, 0.4) is 0 Å². The molecule has 0 saturated heterocycles. The smallest absolute Gasteiger partial charge is 0.264 e. The molecule has 7 nitrogen and oxygen atoms in total. The van der Waals surface area contributed by atoms with Crippen LogP contribution in [0.25, 0.3) is 0 Å². The van der Waals surface area contributed by atoms with Gasteiger partial charge in [0.15, 0.2) is 0 Å². The quantitative estimate of drug-likeness (QED) is 0.374. The summed E-state index contributed by atoms with van der Waals surface area (Å²) in [7, 11) is -2.50. The lowest BCUT2D eigenvalue weighted by Crippen LogP contribution is -2.39. The maximum Gasteiger partial charge on any atom is 0.264 e. The van der Waals surface area contributed by atoms with E-state index in [2.05, 4.69) is 10.5 Å². The molecule has 0 spiro atoms. The lowest BCUT2D eigenvalue weighted by Gasteiger charge is -2.24. The monoisotopic (exact) mass is 491 g/mol. The number of anilines is 1. The van der Waals surface area contributed by atoms with Crippen molar-refractivity contribution in [2.45, 2.75) is 4.90 Å². The number of methoxy groups -OCH3 is 1. The van der Waals surface area contributed by atoms with E-state index in [1.54, 1.807) is 49.6 Å². The summed E-state index contributed by atoms with van der Waals surface area (Å²) in [5, 5.41) is 4.32. The average molecular weight is 492 g/mol. The Bertz CT molecular complexity index is 1220. The Morgan fingerprint density at radius 1 is 1.03 bits per heavy atom. The number of rotatable bonds is 8. The fraction of sp³-hybridized carbons (Fsp3) is 0.0909. The minimum Gasteiger partial charge on any atom is -0.497 e. The van der Waals surface area contributed by atoms with E-state index in [1.807, 2.05) is 0 Å². The zero-order valence-electron chi connectivity index (χ0n) is 16.9. The molecule has 0 aliphatic carbocycles. The number of carbonyl (C=O) groups excluding carboxylic acids is 1. The van der Waals surface area contributed by atoms with E-state index in [4.69, 9.17) is 27.9 Å². The third kappa shape index (κ3) is 5.79. The number of nitrogens with one attached hydrogen (secondary N) is 1. The summed E-state index contributed by atoms with van der Waals surface area (Å²) in [5.41, 5.74) is 3.26. The van der Waals surface area contributed by atoms with Gasteiger partial charge >= 0.3 is 0 Å². The summed E-state index contributed by atoms with van der Waals surface area (Å²) in [6.45, 7) is -0.519. The second kappa shape index (κ2) is 10.5. The Morgan fingerprint density at radius 2 is 1.72 bits per heavy atom. The molecule has 0 unspecified atom stereocenters. The normalized spacial score (nSPS) is 11.3. The largest absolute Gasteiger partial charge is 0.497 e. The van der Waals surface area contributed by atoms with Gasteiger partial charge in [-0.1, -0.05) is 41.4 Å². The van der Waals surface area contributed by atoms with E-state index >= 15 is 0 Å². The van der Waals surface area contributed by atoms with Crippen LogP contribution in [0.2, 0.25) is 10.0 Å². The fourth-order valence-corrected chi connectivity index (χ4v) is 4.44. The number of benzene rings is 3. The Labute approximate surface area is 196 Å². The maximum atomic E-state index is 13.2. The van der Waals surface area contributed by atoms with Gasteiger partial charge in [-0.3, -0.25) is 9.10 Å². The summed E-state index contributed by atoms with van der Waals surface area (Å²) in [6, 6.07) is 19.1. The number of amides is 1. The number of hydrazone groups is 1. The number of carbonyl (C=O) groups is 1. The van der Waals surface area contributed by atoms with Crippen LogP contribution in [0.15, 0.2) is 82.8 Å².